The Kier molecular flexibility index (Phi) is 5.93. The molecule has 2 heterocycles. The Labute approximate surface area is 160 Å². The molecule has 1 fully saturated rings. The maximum absolute atomic E-state index is 12.4. The fraction of sp³-hybridized carbons (Fsp3) is 0.500. The first-order valence-corrected chi connectivity index (χ1v) is 9.58. The molecular weight excluding hydrogens is 400 g/mol. The molecule has 1 aromatic carbocycles. The van der Waals surface area contributed by atoms with Crippen molar-refractivity contribution in [3.8, 4) is 0 Å². The molecule has 1 aromatic heterocycles. The van der Waals surface area contributed by atoms with Crippen LogP contribution < -0.4 is 10.2 Å². The Morgan fingerprint density at radius 2 is 2.31 bits per heavy atom. The largest absolute Gasteiger partial charge is 0.379 e. The molecule has 1 aliphatic rings. The fourth-order valence-electron chi connectivity index (χ4n) is 3.02. The number of carbonyl (C=O) groups excluding carboxylic acids is 2. The van der Waals surface area contributed by atoms with Crippen LogP contribution in [0.2, 0.25) is 0 Å². The number of halogens is 1. The number of rotatable bonds is 7. The van der Waals surface area contributed by atoms with E-state index in [0.717, 1.165) is 21.8 Å². The lowest BCUT2D eigenvalue weighted by atomic mass is 10.1. The van der Waals surface area contributed by atoms with Gasteiger partial charge in [-0.1, -0.05) is 15.9 Å². The van der Waals surface area contributed by atoms with Gasteiger partial charge < -0.3 is 10.1 Å². The van der Waals surface area contributed by atoms with E-state index in [0.29, 0.717) is 25.5 Å². The van der Waals surface area contributed by atoms with Gasteiger partial charge in [-0.2, -0.15) is 5.10 Å². The Hall–Kier alpha value is -1.93. The first kappa shape index (κ1) is 18.8. The van der Waals surface area contributed by atoms with Gasteiger partial charge in [-0.3, -0.25) is 19.6 Å². The first-order chi connectivity index (χ1) is 12.5. The molecule has 3 rings (SSSR count). The molecule has 0 spiro atoms. The molecule has 1 aliphatic heterocycles. The van der Waals surface area contributed by atoms with Gasteiger partial charge in [0, 0.05) is 36.0 Å². The third-order valence-electron chi connectivity index (χ3n) is 4.33. The molecule has 0 bridgehead atoms. The normalized spacial score (nSPS) is 17.5. The van der Waals surface area contributed by atoms with E-state index < -0.39 is 0 Å². The van der Waals surface area contributed by atoms with E-state index in [9.17, 15) is 9.59 Å². The minimum absolute atomic E-state index is 0.0791. The van der Waals surface area contributed by atoms with Crippen LogP contribution in [0.15, 0.2) is 22.7 Å². The Bertz CT molecular complexity index is 805. The number of carbonyl (C=O) groups is 2. The lowest BCUT2D eigenvalue weighted by Crippen LogP contribution is -2.34. The number of anilines is 1. The van der Waals surface area contributed by atoms with Crippen molar-refractivity contribution in [2.24, 2.45) is 5.92 Å². The number of nitrogens with one attached hydrogen (secondary N) is 2. The maximum Gasteiger partial charge on any atom is 0.229 e. The van der Waals surface area contributed by atoms with Gasteiger partial charge in [0.25, 0.3) is 0 Å². The quantitative estimate of drug-likeness (QED) is 0.671. The lowest BCUT2D eigenvalue weighted by molar-refractivity contribution is -0.126. The molecule has 0 radical (unpaired) electrons. The Balaban J connectivity index is 1.58. The van der Waals surface area contributed by atoms with Crippen molar-refractivity contribution in [2.45, 2.75) is 32.8 Å². The number of amides is 2. The lowest BCUT2D eigenvalue weighted by Gasteiger charge is -2.14. The fourth-order valence-corrected chi connectivity index (χ4v) is 3.38. The zero-order chi connectivity index (χ0) is 18.7. The van der Waals surface area contributed by atoms with E-state index in [4.69, 9.17) is 4.74 Å². The van der Waals surface area contributed by atoms with Crippen molar-refractivity contribution in [3.05, 3.63) is 22.7 Å². The van der Waals surface area contributed by atoms with Crippen LogP contribution in [-0.2, 0) is 14.3 Å². The Morgan fingerprint density at radius 3 is 3.08 bits per heavy atom. The molecule has 1 unspecified atom stereocenters. The van der Waals surface area contributed by atoms with Crippen LogP contribution >= 0.6 is 15.9 Å². The predicted molar refractivity (Wildman–Crippen MR) is 103 cm³/mol. The second kappa shape index (κ2) is 8.18. The van der Waals surface area contributed by atoms with Gasteiger partial charge in [0.05, 0.1) is 17.5 Å². The number of H-pyrrole nitrogens is 1. The predicted octanol–water partition coefficient (Wildman–Crippen LogP) is 2.61. The number of benzene rings is 1. The molecule has 2 N–H and O–H groups in total. The number of hydrogen-bond acceptors (Lipinski definition) is 4. The molecule has 1 atom stereocenters. The van der Waals surface area contributed by atoms with Crippen LogP contribution in [0.25, 0.3) is 10.9 Å². The number of ether oxygens (including phenoxy) is 1. The highest BCUT2D eigenvalue weighted by Crippen LogP contribution is 2.31. The standard InChI is InChI=1S/C18H23BrN4O3/c1-11(2)26-7-3-6-20-18(25)12-8-16(24)23(10-12)17-14-5-4-13(19)9-15(14)21-22-17/h4-5,9,11-12H,3,6-8,10H2,1-2H3,(H,20,25)(H,21,22). The van der Waals surface area contributed by atoms with Gasteiger partial charge in [-0.25, -0.2) is 0 Å². The van der Waals surface area contributed by atoms with Crippen LogP contribution in [0.1, 0.15) is 26.7 Å². The summed E-state index contributed by atoms with van der Waals surface area (Å²) in [5.74, 6) is 0.0615. The smallest absolute Gasteiger partial charge is 0.229 e. The van der Waals surface area contributed by atoms with Crippen molar-refractivity contribution < 1.29 is 14.3 Å². The number of nitrogens with zero attached hydrogens (tertiary/aromatic N) is 2. The van der Waals surface area contributed by atoms with E-state index in [1.807, 2.05) is 32.0 Å². The molecule has 0 aliphatic carbocycles. The van der Waals surface area contributed by atoms with Crippen molar-refractivity contribution in [1.82, 2.24) is 15.5 Å². The monoisotopic (exact) mass is 422 g/mol. The van der Waals surface area contributed by atoms with Crippen LogP contribution in [0, 0.1) is 5.92 Å². The SMILES string of the molecule is CC(C)OCCCNC(=O)C1CC(=O)N(c2n[nH]c3cc(Br)ccc23)C1. The average Bonchev–Trinajstić information content (AvgIpc) is 3.16. The van der Waals surface area contributed by atoms with Crippen LogP contribution in [0.4, 0.5) is 5.82 Å². The van der Waals surface area contributed by atoms with Gasteiger partial charge in [0.1, 0.15) is 0 Å². The molecular formula is C18H23BrN4O3. The molecule has 8 heteroatoms. The highest BCUT2D eigenvalue weighted by atomic mass is 79.9. The minimum atomic E-state index is -0.351. The number of aromatic amines is 1. The zero-order valence-corrected chi connectivity index (χ0v) is 16.5. The van der Waals surface area contributed by atoms with Gasteiger partial charge in [0.2, 0.25) is 11.8 Å². The summed E-state index contributed by atoms with van der Waals surface area (Å²) in [6.45, 7) is 5.48. The first-order valence-electron chi connectivity index (χ1n) is 8.79. The van der Waals surface area contributed by atoms with E-state index in [-0.39, 0.29) is 30.3 Å². The summed E-state index contributed by atoms with van der Waals surface area (Å²) in [6, 6.07) is 5.73. The molecule has 1 saturated heterocycles. The van der Waals surface area contributed by atoms with Crippen molar-refractivity contribution in [2.75, 3.05) is 24.6 Å². The van der Waals surface area contributed by atoms with Crippen molar-refractivity contribution in [1.29, 1.82) is 0 Å². The number of hydrogen-bond donors (Lipinski definition) is 2. The van der Waals surface area contributed by atoms with Gasteiger partial charge in [-0.05, 0) is 38.5 Å². The van der Waals surface area contributed by atoms with E-state index in [2.05, 4.69) is 31.4 Å². The molecule has 140 valence electrons. The highest BCUT2D eigenvalue weighted by molar-refractivity contribution is 9.10. The van der Waals surface area contributed by atoms with Crippen molar-refractivity contribution in [3.63, 3.8) is 0 Å². The summed E-state index contributed by atoms with van der Waals surface area (Å²) in [6.07, 6.45) is 1.16. The van der Waals surface area contributed by atoms with E-state index in [1.165, 1.54) is 0 Å². The molecule has 26 heavy (non-hydrogen) atoms. The summed E-state index contributed by atoms with van der Waals surface area (Å²) >= 11 is 3.42. The summed E-state index contributed by atoms with van der Waals surface area (Å²) in [4.78, 5) is 26.4. The third-order valence-corrected chi connectivity index (χ3v) is 4.82. The minimum Gasteiger partial charge on any atom is -0.379 e. The summed E-state index contributed by atoms with van der Waals surface area (Å²) in [5, 5.41) is 11.0. The zero-order valence-electron chi connectivity index (χ0n) is 14.9. The van der Waals surface area contributed by atoms with Gasteiger partial charge in [0.15, 0.2) is 5.82 Å². The summed E-state index contributed by atoms with van der Waals surface area (Å²) in [5.41, 5.74) is 0.847. The molecule has 2 aromatic rings. The summed E-state index contributed by atoms with van der Waals surface area (Å²) < 4.78 is 6.39. The number of aromatic nitrogens is 2. The van der Waals surface area contributed by atoms with E-state index >= 15 is 0 Å². The topological polar surface area (TPSA) is 87.3 Å². The Morgan fingerprint density at radius 1 is 1.50 bits per heavy atom. The molecule has 0 saturated carbocycles. The van der Waals surface area contributed by atoms with Crippen molar-refractivity contribution >= 4 is 44.5 Å². The molecule has 7 nitrogen and oxygen atoms in total. The second-order valence-corrected chi connectivity index (χ2v) is 7.62. The van der Waals surface area contributed by atoms with Crippen LogP contribution in [0.5, 0.6) is 0 Å². The third kappa shape index (κ3) is 4.24. The van der Waals surface area contributed by atoms with Crippen LogP contribution in [-0.4, -0.2) is 47.8 Å². The molecule has 2 amide bonds. The summed E-state index contributed by atoms with van der Waals surface area (Å²) in [7, 11) is 0. The second-order valence-electron chi connectivity index (χ2n) is 6.71. The average molecular weight is 423 g/mol. The van der Waals surface area contributed by atoms with Gasteiger partial charge in [-0.15, -0.1) is 0 Å². The van der Waals surface area contributed by atoms with E-state index in [1.54, 1.807) is 4.90 Å². The highest BCUT2D eigenvalue weighted by Gasteiger charge is 2.36. The van der Waals surface area contributed by atoms with Crippen LogP contribution in [0.3, 0.4) is 0 Å². The van der Waals surface area contributed by atoms with Gasteiger partial charge >= 0.3 is 0 Å². The maximum atomic E-state index is 12.4. The number of fused-ring (bicyclic) bond motifs is 1.